The molecule has 3 rings (SSSR count). The molecule has 1 N–H and O–H groups in total. The van der Waals surface area contributed by atoms with Gasteiger partial charge in [-0.25, -0.2) is 14.3 Å². The van der Waals surface area contributed by atoms with Gasteiger partial charge in [-0.05, 0) is 39.3 Å². The number of ether oxygens (including phenoxy) is 1. The smallest absolute Gasteiger partial charge is 0.341 e. The van der Waals surface area contributed by atoms with Crippen molar-refractivity contribution in [2.45, 2.75) is 27.7 Å². The van der Waals surface area contributed by atoms with E-state index >= 15 is 0 Å². The van der Waals surface area contributed by atoms with Gasteiger partial charge in [0.05, 0.1) is 12.2 Å². The summed E-state index contributed by atoms with van der Waals surface area (Å²) < 4.78 is 6.58. The molecule has 0 radical (unpaired) electrons. The molecule has 0 aromatic carbocycles. The number of esters is 1. The van der Waals surface area contributed by atoms with Gasteiger partial charge in [0.25, 0.3) is 11.7 Å². The van der Waals surface area contributed by atoms with Crippen molar-refractivity contribution < 1.29 is 14.3 Å². The van der Waals surface area contributed by atoms with Crippen molar-refractivity contribution in [3.8, 4) is 0 Å². The van der Waals surface area contributed by atoms with Crippen LogP contribution in [0.1, 0.15) is 44.0 Å². The maximum atomic E-state index is 12.5. The second-order valence-corrected chi connectivity index (χ2v) is 6.62. The molecular weight excluding hydrogens is 342 g/mol. The van der Waals surface area contributed by atoms with Crippen LogP contribution < -0.4 is 5.32 Å². The quantitative estimate of drug-likeness (QED) is 0.719. The number of nitrogens with zero attached hydrogens (tertiary/aromatic N) is 4. The minimum absolute atomic E-state index is 0.0136. The first-order valence-electron chi connectivity index (χ1n) is 7.69. The maximum Gasteiger partial charge on any atom is 0.341 e. The highest BCUT2D eigenvalue weighted by molar-refractivity contribution is 7.16. The standard InChI is InChI=1S/C16H17N5O3S/c1-5-24-15(23)11-9(3)10(4)25-14(11)19-13(22)12-18-16-17-7-6-8(2)21(16)20-12/h6-7H,5H2,1-4H3,(H,19,22). The molecule has 0 bridgehead atoms. The molecule has 0 spiro atoms. The molecule has 0 saturated heterocycles. The predicted molar refractivity (Wildman–Crippen MR) is 93.2 cm³/mol. The van der Waals surface area contributed by atoms with E-state index in [9.17, 15) is 9.59 Å². The van der Waals surface area contributed by atoms with E-state index < -0.39 is 11.9 Å². The zero-order valence-corrected chi connectivity index (χ0v) is 15.1. The number of anilines is 1. The van der Waals surface area contributed by atoms with Crippen LogP contribution in [0, 0.1) is 20.8 Å². The van der Waals surface area contributed by atoms with Gasteiger partial charge in [0.1, 0.15) is 5.00 Å². The Morgan fingerprint density at radius 1 is 1.32 bits per heavy atom. The fourth-order valence-corrected chi connectivity index (χ4v) is 3.37. The number of thiophene rings is 1. The van der Waals surface area contributed by atoms with Gasteiger partial charge in [0.2, 0.25) is 5.82 Å². The largest absolute Gasteiger partial charge is 0.462 e. The summed E-state index contributed by atoms with van der Waals surface area (Å²) in [5, 5.41) is 7.32. The third-order valence-electron chi connectivity index (χ3n) is 3.72. The molecule has 0 aliphatic carbocycles. The average Bonchev–Trinajstić information content (AvgIpc) is 3.11. The van der Waals surface area contributed by atoms with Crippen molar-refractivity contribution >= 4 is 34.0 Å². The lowest BCUT2D eigenvalue weighted by Gasteiger charge is -2.05. The molecular formula is C16H17N5O3S. The summed E-state index contributed by atoms with van der Waals surface area (Å²) in [4.78, 5) is 33.9. The van der Waals surface area contributed by atoms with Crippen molar-refractivity contribution in [3.63, 3.8) is 0 Å². The Balaban J connectivity index is 1.93. The van der Waals surface area contributed by atoms with Crippen LogP contribution in [0.5, 0.6) is 0 Å². The number of fused-ring (bicyclic) bond motifs is 1. The molecule has 0 unspecified atom stereocenters. The van der Waals surface area contributed by atoms with Crippen molar-refractivity contribution in [2.75, 3.05) is 11.9 Å². The molecule has 25 heavy (non-hydrogen) atoms. The number of carbonyl (C=O) groups is 2. The Hall–Kier alpha value is -2.81. The van der Waals surface area contributed by atoms with E-state index in [1.807, 2.05) is 20.8 Å². The highest BCUT2D eigenvalue weighted by atomic mass is 32.1. The average molecular weight is 359 g/mol. The number of aromatic nitrogens is 4. The van der Waals surface area contributed by atoms with Gasteiger partial charge in [-0.3, -0.25) is 4.79 Å². The topological polar surface area (TPSA) is 98.5 Å². The number of aryl methyl sites for hydroxylation is 2. The van der Waals surface area contributed by atoms with E-state index in [1.54, 1.807) is 19.2 Å². The third kappa shape index (κ3) is 3.10. The van der Waals surface area contributed by atoms with E-state index in [2.05, 4.69) is 20.4 Å². The van der Waals surface area contributed by atoms with Crippen LogP contribution in [0.25, 0.3) is 5.78 Å². The van der Waals surface area contributed by atoms with Crippen LogP contribution in [-0.4, -0.2) is 38.1 Å². The van der Waals surface area contributed by atoms with E-state index in [0.29, 0.717) is 16.3 Å². The number of amides is 1. The maximum absolute atomic E-state index is 12.5. The lowest BCUT2D eigenvalue weighted by molar-refractivity contribution is 0.0527. The fourth-order valence-electron chi connectivity index (χ4n) is 2.33. The predicted octanol–water partition coefficient (Wildman–Crippen LogP) is 2.54. The summed E-state index contributed by atoms with van der Waals surface area (Å²) in [6.07, 6.45) is 1.60. The monoisotopic (exact) mass is 359 g/mol. The van der Waals surface area contributed by atoms with Crippen molar-refractivity contribution in [3.05, 3.63) is 39.8 Å². The molecule has 0 aliphatic heterocycles. The first kappa shape index (κ1) is 17.0. The summed E-state index contributed by atoms with van der Waals surface area (Å²) in [5.41, 5.74) is 1.97. The molecule has 0 aliphatic rings. The molecule has 0 saturated carbocycles. The van der Waals surface area contributed by atoms with Gasteiger partial charge in [-0.1, -0.05) is 0 Å². The minimum Gasteiger partial charge on any atom is -0.462 e. The molecule has 3 aromatic heterocycles. The van der Waals surface area contributed by atoms with Gasteiger partial charge in [0.15, 0.2) is 0 Å². The van der Waals surface area contributed by atoms with Crippen LogP contribution in [0.3, 0.4) is 0 Å². The van der Waals surface area contributed by atoms with Gasteiger partial charge in [0, 0.05) is 16.8 Å². The van der Waals surface area contributed by atoms with Crippen LogP contribution in [0.2, 0.25) is 0 Å². The van der Waals surface area contributed by atoms with Crippen molar-refractivity contribution in [1.29, 1.82) is 0 Å². The first-order valence-corrected chi connectivity index (χ1v) is 8.50. The fraction of sp³-hybridized carbons (Fsp3) is 0.312. The summed E-state index contributed by atoms with van der Waals surface area (Å²) in [6.45, 7) is 7.55. The van der Waals surface area contributed by atoms with Gasteiger partial charge >= 0.3 is 5.97 Å². The number of nitrogens with one attached hydrogen (secondary N) is 1. The van der Waals surface area contributed by atoms with E-state index in [1.165, 1.54) is 15.9 Å². The number of carbonyl (C=O) groups excluding carboxylic acids is 2. The Labute approximate surface area is 147 Å². The van der Waals surface area contributed by atoms with Crippen LogP contribution in [0.4, 0.5) is 5.00 Å². The Bertz CT molecular complexity index is 976. The third-order valence-corrected chi connectivity index (χ3v) is 4.85. The number of hydrogen-bond acceptors (Lipinski definition) is 7. The Morgan fingerprint density at radius 2 is 2.08 bits per heavy atom. The molecule has 3 heterocycles. The molecule has 0 atom stereocenters. The molecule has 130 valence electrons. The van der Waals surface area contributed by atoms with Crippen molar-refractivity contribution in [1.82, 2.24) is 19.6 Å². The Kier molecular flexibility index (Phi) is 4.49. The van der Waals surface area contributed by atoms with E-state index in [4.69, 9.17) is 4.74 Å². The number of rotatable bonds is 4. The highest BCUT2D eigenvalue weighted by Gasteiger charge is 2.24. The van der Waals surface area contributed by atoms with Crippen molar-refractivity contribution in [2.24, 2.45) is 0 Å². The Morgan fingerprint density at radius 3 is 2.76 bits per heavy atom. The number of hydrogen-bond donors (Lipinski definition) is 1. The van der Waals surface area contributed by atoms with Gasteiger partial charge < -0.3 is 10.1 Å². The van der Waals surface area contributed by atoms with Crippen LogP contribution >= 0.6 is 11.3 Å². The summed E-state index contributed by atoms with van der Waals surface area (Å²) >= 11 is 1.32. The molecule has 9 heteroatoms. The molecule has 1 amide bonds. The van der Waals surface area contributed by atoms with Gasteiger partial charge in [-0.15, -0.1) is 16.4 Å². The summed E-state index contributed by atoms with van der Waals surface area (Å²) in [6, 6.07) is 1.77. The van der Waals surface area contributed by atoms with E-state index in [-0.39, 0.29) is 12.4 Å². The zero-order chi connectivity index (χ0) is 18.1. The first-order chi connectivity index (χ1) is 11.9. The normalized spacial score (nSPS) is 10.9. The molecule has 8 nitrogen and oxygen atoms in total. The minimum atomic E-state index is -0.503. The van der Waals surface area contributed by atoms with Crippen LogP contribution in [0.15, 0.2) is 12.3 Å². The van der Waals surface area contributed by atoms with Gasteiger partial charge in [-0.2, -0.15) is 4.98 Å². The lowest BCUT2D eigenvalue weighted by atomic mass is 10.1. The van der Waals surface area contributed by atoms with E-state index in [0.717, 1.165) is 16.1 Å². The highest BCUT2D eigenvalue weighted by Crippen LogP contribution is 2.33. The zero-order valence-electron chi connectivity index (χ0n) is 14.3. The molecule has 3 aromatic rings. The second kappa shape index (κ2) is 6.60. The molecule has 0 fully saturated rings. The van der Waals surface area contributed by atoms with Crippen LogP contribution in [-0.2, 0) is 4.74 Å². The summed E-state index contributed by atoms with van der Waals surface area (Å²) in [5.74, 6) is -0.633. The second-order valence-electron chi connectivity index (χ2n) is 5.40. The lowest BCUT2D eigenvalue weighted by Crippen LogP contribution is -2.16. The summed E-state index contributed by atoms with van der Waals surface area (Å²) in [7, 11) is 0. The SMILES string of the molecule is CCOC(=O)c1c(NC(=O)c2nc3nccc(C)n3n2)sc(C)c1C.